The predicted octanol–water partition coefficient (Wildman–Crippen LogP) is -0.617. The number of carbonyl (C=O) groups excluding carboxylic acids is 2. The fourth-order valence-corrected chi connectivity index (χ4v) is 2.58. The molecule has 3 N–H and O–H groups in total. The van der Waals surface area contributed by atoms with Crippen molar-refractivity contribution in [3.63, 3.8) is 0 Å². The third-order valence-corrected chi connectivity index (χ3v) is 3.75. The molecule has 0 saturated heterocycles. The quantitative estimate of drug-likeness (QED) is 0.590. The van der Waals surface area contributed by atoms with E-state index in [2.05, 4.69) is 5.32 Å². The van der Waals surface area contributed by atoms with Crippen LogP contribution in [0.25, 0.3) is 11.1 Å². The Morgan fingerprint density at radius 2 is 1.62 bits per heavy atom. The van der Waals surface area contributed by atoms with Gasteiger partial charge in [-0.3, -0.25) is 9.59 Å². The monoisotopic (exact) mass is 367 g/mol. The average molecular weight is 368 g/mol. The molecular weight excluding hydrogens is 350 g/mol. The highest BCUT2D eigenvalue weighted by Crippen LogP contribution is 2.27. The van der Waals surface area contributed by atoms with Crippen molar-refractivity contribution in [2.75, 3.05) is 5.32 Å². The normalized spacial score (nSPS) is 9.85. The van der Waals surface area contributed by atoms with Crippen LogP contribution in [-0.2, 0) is 11.3 Å². The number of primary amides is 1. The van der Waals surface area contributed by atoms with Crippen molar-refractivity contribution in [3.05, 3.63) is 84.7 Å². The summed E-state index contributed by atoms with van der Waals surface area (Å²) in [6.45, 7) is 0.0875. The Morgan fingerprint density at radius 1 is 0.923 bits per heavy atom. The first kappa shape index (κ1) is 19.1. The number of pyridine rings is 1. The van der Waals surface area contributed by atoms with E-state index in [1.807, 2.05) is 54.6 Å². The number of halogens is 1. The predicted molar refractivity (Wildman–Crippen MR) is 95.7 cm³/mol. The number of amides is 2. The van der Waals surface area contributed by atoms with Crippen LogP contribution in [0.3, 0.4) is 0 Å². The van der Waals surface area contributed by atoms with Crippen LogP contribution in [0.1, 0.15) is 10.4 Å². The maximum atomic E-state index is 12.4. The Hall–Kier alpha value is -3.18. The number of nitrogens with zero attached hydrogens (tertiary/aromatic N) is 1. The molecule has 0 aliphatic carbocycles. The number of rotatable bonds is 5. The van der Waals surface area contributed by atoms with E-state index < -0.39 is 5.91 Å². The molecule has 0 atom stereocenters. The van der Waals surface area contributed by atoms with Gasteiger partial charge in [-0.2, -0.15) is 4.57 Å². The number of hydrogen-bond donors (Lipinski definition) is 2. The molecular formula is C20H18ClN3O2. The minimum absolute atomic E-state index is 0. The Morgan fingerprint density at radius 3 is 2.35 bits per heavy atom. The summed E-state index contributed by atoms with van der Waals surface area (Å²) < 4.78 is 1.63. The van der Waals surface area contributed by atoms with Crippen LogP contribution >= 0.6 is 0 Å². The van der Waals surface area contributed by atoms with Crippen molar-refractivity contribution >= 4 is 17.5 Å². The second kappa shape index (κ2) is 8.78. The van der Waals surface area contributed by atoms with Gasteiger partial charge in [0.1, 0.15) is 5.56 Å². The molecule has 0 radical (unpaired) electrons. The maximum absolute atomic E-state index is 12.4. The lowest BCUT2D eigenvalue weighted by Crippen LogP contribution is -3.00. The molecule has 0 aliphatic rings. The molecule has 1 heterocycles. The van der Waals surface area contributed by atoms with Gasteiger partial charge < -0.3 is 23.5 Å². The Bertz CT molecular complexity index is 914. The second-order valence-corrected chi connectivity index (χ2v) is 5.59. The summed E-state index contributed by atoms with van der Waals surface area (Å²) in [4.78, 5) is 23.6. The van der Waals surface area contributed by atoms with E-state index in [-0.39, 0.29) is 24.9 Å². The molecule has 3 aromatic rings. The summed E-state index contributed by atoms with van der Waals surface area (Å²) in [5, 5.41) is 2.93. The van der Waals surface area contributed by atoms with Gasteiger partial charge in [0.25, 0.3) is 11.8 Å². The number of anilines is 1. The van der Waals surface area contributed by atoms with E-state index in [1.165, 1.54) is 0 Å². The van der Waals surface area contributed by atoms with Crippen LogP contribution in [0, 0.1) is 0 Å². The summed E-state index contributed by atoms with van der Waals surface area (Å²) in [6.07, 6.45) is 3.28. The fraction of sp³-hybridized carbons (Fsp3) is 0.0500. The van der Waals surface area contributed by atoms with Gasteiger partial charge in [-0.15, -0.1) is 0 Å². The summed E-state index contributed by atoms with van der Waals surface area (Å²) in [7, 11) is 0. The molecule has 132 valence electrons. The van der Waals surface area contributed by atoms with Gasteiger partial charge in [-0.05, 0) is 17.7 Å². The van der Waals surface area contributed by atoms with E-state index in [0.29, 0.717) is 5.56 Å². The van der Waals surface area contributed by atoms with Crippen LogP contribution in [-0.4, -0.2) is 11.8 Å². The molecule has 1 aromatic heterocycles. The van der Waals surface area contributed by atoms with Crippen LogP contribution in [0.5, 0.6) is 0 Å². The van der Waals surface area contributed by atoms with Gasteiger partial charge >= 0.3 is 0 Å². The largest absolute Gasteiger partial charge is 1.00 e. The zero-order chi connectivity index (χ0) is 17.6. The number of carbonyl (C=O) groups is 2. The molecule has 0 spiro atoms. The van der Waals surface area contributed by atoms with E-state index in [4.69, 9.17) is 5.73 Å². The summed E-state index contributed by atoms with van der Waals surface area (Å²) >= 11 is 0. The molecule has 0 saturated carbocycles. The molecule has 0 unspecified atom stereocenters. The second-order valence-electron chi connectivity index (χ2n) is 5.59. The molecule has 3 rings (SSSR count). The first-order valence-electron chi connectivity index (χ1n) is 7.87. The first-order chi connectivity index (χ1) is 12.1. The first-order valence-corrected chi connectivity index (χ1v) is 7.87. The zero-order valence-corrected chi connectivity index (χ0v) is 14.7. The lowest BCUT2D eigenvalue weighted by molar-refractivity contribution is -0.684. The summed E-state index contributed by atoms with van der Waals surface area (Å²) in [5.74, 6) is -0.709. The van der Waals surface area contributed by atoms with Crippen molar-refractivity contribution in [2.45, 2.75) is 6.54 Å². The Balaban J connectivity index is 0.00000243. The molecule has 5 nitrogen and oxygen atoms in total. The van der Waals surface area contributed by atoms with Crippen LogP contribution in [0.4, 0.5) is 5.69 Å². The minimum Gasteiger partial charge on any atom is -1.00 e. The molecule has 0 aliphatic heterocycles. The lowest BCUT2D eigenvalue weighted by atomic mass is 10.0. The molecule has 2 aromatic carbocycles. The summed E-state index contributed by atoms with van der Waals surface area (Å²) in [5.41, 5.74) is 8.35. The van der Waals surface area contributed by atoms with Crippen molar-refractivity contribution in [1.29, 1.82) is 0 Å². The highest BCUT2D eigenvalue weighted by Gasteiger charge is 2.14. The fourth-order valence-electron chi connectivity index (χ4n) is 2.58. The molecule has 26 heavy (non-hydrogen) atoms. The number of nitrogens with one attached hydrogen (secondary N) is 1. The van der Waals surface area contributed by atoms with E-state index in [1.54, 1.807) is 29.1 Å². The Kier molecular flexibility index (Phi) is 6.47. The zero-order valence-electron chi connectivity index (χ0n) is 13.9. The average Bonchev–Trinajstić information content (AvgIpc) is 2.63. The highest BCUT2D eigenvalue weighted by molar-refractivity contribution is 5.95. The van der Waals surface area contributed by atoms with Crippen LogP contribution in [0.15, 0.2) is 79.1 Å². The summed E-state index contributed by atoms with van der Waals surface area (Å²) in [6, 6.07) is 20.8. The number of para-hydroxylation sites is 1. The van der Waals surface area contributed by atoms with Gasteiger partial charge in [0.15, 0.2) is 12.4 Å². The van der Waals surface area contributed by atoms with E-state index >= 15 is 0 Å². The van der Waals surface area contributed by atoms with Crippen molar-refractivity contribution in [1.82, 2.24) is 0 Å². The third-order valence-electron chi connectivity index (χ3n) is 3.75. The SMILES string of the molecule is NC(=O)c1ccc[n+](CC(=O)Nc2ccccc2-c2ccccc2)c1.[Cl-]. The third kappa shape index (κ3) is 4.68. The topological polar surface area (TPSA) is 76.1 Å². The highest BCUT2D eigenvalue weighted by atomic mass is 35.5. The molecule has 0 fully saturated rings. The van der Waals surface area contributed by atoms with Crippen LogP contribution < -0.4 is 28.0 Å². The lowest BCUT2D eigenvalue weighted by Gasteiger charge is -2.10. The van der Waals surface area contributed by atoms with Crippen LogP contribution in [0.2, 0.25) is 0 Å². The number of nitrogens with two attached hydrogens (primary N) is 1. The van der Waals surface area contributed by atoms with E-state index in [9.17, 15) is 9.59 Å². The van der Waals surface area contributed by atoms with Gasteiger partial charge in [0, 0.05) is 17.3 Å². The van der Waals surface area contributed by atoms with Gasteiger partial charge in [-0.1, -0.05) is 48.5 Å². The molecule has 2 amide bonds. The van der Waals surface area contributed by atoms with Gasteiger partial charge in [-0.25, -0.2) is 0 Å². The number of benzene rings is 2. The standard InChI is InChI=1S/C20H17N3O2.ClH/c21-20(25)16-9-6-12-23(13-16)14-19(24)22-18-11-5-4-10-17(18)15-7-2-1-3-8-15;/h1-13H,14H2,(H2-,21,22,24,25);1H. The van der Waals surface area contributed by atoms with Crippen molar-refractivity contribution < 1.29 is 26.6 Å². The van der Waals surface area contributed by atoms with E-state index in [0.717, 1.165) is 16.8 Å². The van der Waals surface area contributed by atoms with Crippen molar-refractivity contribution in [2.24, 2.45) is 5.73 Å². The number of aromatic nitrogens is 1. The Labute approximate surface area is 157 Å². The smallest absolute Gasteiger partial charge is 0.290 e. The van der Waals surface area contributed by atoms with Crippen molar-refractivity contribution in [3.8, 4) is 11.1 Å². The maximum Gasteiger partial charge on any atom is 0.290 e. The number of hydrogen-bond acceptors (Lipinski definition) is 2. The molecule has 0 bridgehead atoms. The minimum atomic E-state index is -0.524. The van der Waals surface area contributed by atoms with Gasteiger partial charge in [0.05, 0.1) is 0 Å². The molecule has 6 heteroatoms. The van der Waals surface area contributed by atoms with Gasteiger partial charge in [0.2, 0.25) is 6.54 Å².